The smallest absolute Gasteiger partial charge is 0.305 e. The molecule has 0 saturated carbocycles. The summed E-state index contributed by atoms with van der Waals surface area (Å²) >= 11 is 0.747. The number of aromatic nitrogens is 1. The Bertz CT molecular complexity index is 590. The van der Waals surface area contributed by atoms with Gasteiger partial charge in [0.05, 0.1) is 0 Å². The van der Waals surface area contributed by atoms with Crippen LogP contribution < -0.4 is 10.6 Å². The number of hydrogen-bond donors (Lipinski definition) is 2. The number of thiazole rings is 1. The lowest BCUT2D eigenvalue weighted by atomic mass is 10.1. The van der Waals surface area contributed by atoms with Crippen LogP contribution >= 0.6 is 11.3 Å². The molecule has 2 rings (SSSR count). The van der Waals surface area contributed by atoms with E-state index in [0.29, 0.717) is 18.8 Å². The third kappa shape index (κ3) is 2.25. The second kappa shape index (κ2) is 4.76. The molecule has 0 aromatic carbocycles. The standard InChI is InChI=1S/C10H17N3O3S2/c1-6-3-8(4-11)5-13(6)18(15,16)9-7(2)12-10(14)17-9/h6,8H,3-5,11H2,1-2H3,(H,12,14). The number of rotatable bonds is 3. The van der Waals surface area contributed by atoms with Gasteiger partial charge in [0.15, 0.2) is 4.21 Å². The summed E-state index contributed by atoms with van der Waals surface area (Å²) in [7, 11) is -3.58. The third-order valence-corrected chi connectivity index (χ3v) is 6.82. The number of nitrogens with two attached hydrogens (primary N) is 1. The van der Waals surface area contributed by atoms with Crippen molar-refractivity contribution in [3.63, 3.8) is 0 Å². The van der Waals surface area contributed by atoms with Crippen molar-refractivity contribution in [3.8, 4) is 0 Å². The van der Waals surface area contributed by atoms with Crippen LogP contribution in [0.1, 0.15) is 19.0 Å². The average molecular weight is 291 g/mol. The summed E-state index contributed by atoms with van der Waals surface area (Å²) in [6, 6.07) is -0.0693. The minimum atomic E-state index is -3.58. The normalized spacial score (nSPS) is 25.7. The molecular formula is C10H17N3O3S2. The first-order valence-electron chi connectivity index (χ1n) is 5.78. The molecule has 1 aliphatic heterocycles. The number of sulfonamides is 1. The summed E-state index contributed by atoms with van der Waals surface area (Å²) in [4.78, 5) is 13.4. The fourth-order valence-electron chi connectivity index (χ4n) is 2.36. The fourth-order valence-corrected chi connectivity index (χ4v) is 5.49. The molecule has 1 aromatic rings. The van der Waals surface area contributed by atoms with E-state index in [9.17, 15) is 13.2 Å². The maximum absolute atomic E-state index is 12.5. The Hall–Kier alpha value is -0.700. The van der Waals surface area contributed by atoms with Gasteiger partial charge in [0.2, 0.25) is 0 Å². The zero-order valence-electron chi connectivity index (χ0n) is 10.3. The Labute approximate surface area is 110 Å². The molecule has 8 heteroatoms. The van der Waals surface area contributed by atoms with Crippen molar-refractivity contribution in [2.75, 3.05) is 13.1 Å². The summed E-state index contributed by atoms with van der Waals surface area (Å²) in [5.41, 5.74) is 6.01. The third-order valence-electron chi connectivity index (χ3n) is 3.26. The molecular weight excluding hydrogens is 274 g/mol. The highest BCUT2D eigenvalue weighted by Gasteiger charge is 2.38. The Morgan fingerprint density at radius 1 is 1.56 bits per heavy atom. The molecule has 0 bridgehead atoms. The lowest BCUT2D eigenvalue weighted by Gasteiger charge is -2.20. The summed E-state index contributed by atoms with van der Waals surface area (Å²) in [6.45, 7) is 4.40. The van der Waals surface area contributed by atoms with Crippen LogP contribution in [0.15, 0.2) is 9.00 Å². The summed E-state index contributed by atoms with van der Waals surface area (Å²) in [5, 5.41) is 0. The zero-order valence-corrected chi connectivity index (χ0v) is 12.0. The van der Waals surface area contributed by atoms with Gasteiger partial charge in [0.1, 0.15) is 0 Å². The van der Waals surface area contributed by atoms with Gasteiger partial charge in [0.25, 0.3) is 10.0 Å². The Balaban J connectivity index is 2.38. The van der Waals surface area contributed by atoms with E-state index in [2.05, 4.69) is 4.98 Å². The number of nitrogens with zero attached hydrogens (tertiary/aromatic N) is 1. The minimum Gasteiger partial charge on any atom is -0.330 e. The predicted molar refractivity (Wildman–Crippen MR) is 70.2 cm³/mol. The Kier molecular flexibility index (Phi) is 3.63. The SMILES string of the molecule is Cc1[nH]c(=O)sc1S(=O)(=O)N1CC(CN)CC1C. The van der Waals surface area contributed by atoms with Crippen LogP contribution in [-0.4, -0.2) is 36.8 Å². The second-order valence-electron chi connectivity index (χ2n) is 4.69. The van der Waals surface area contributed by atoms with Crippen molar-refractivity contribution >= 4 is 21.4 Å². The van der Waals surface area contributed by atoms with Gasteiger partial charge >= 0.3 is 4.87 Å². The van der Waals surface area contributed by atoms with E-state index in [0.717, 1.165) is 17.8 Å². The van der Waals surface area contributed by atoms with E-state index in [1.54, 1.807) is 6.92 Å². The number of H-pyrrole nitrogens is 1. The molecule has 102 valence electrons. The largest absolute Gasteiger partial charge is 0.330 e. The molecule has 18 heavy (non-hydrogen) atoms. The van der Waals surface area contributed by atoms with Gasteiger partial charge in [-0.2, -0.15) is 4.31 Å². The lowest BCUT2D eigenvalue weighted by Crippen LogP contribution is -2.34. The molecule has 0 aliphatic carbocycles. The van der Waals surface area contributed by atoms with Gasteiger partial charge in [-0.05, 0) is 32.7 Å². The molecule has 2 atom stereocenters. The van der Waals surface area contributed by atoms with Crippen LogP contribution in [0.4, 0.5) is 0 Å². The van der Waals surface area contributed by atoms with Crippen LogP contribution in [0, 0.1) is 12.8 Å². The highest BCUT2D eigenvalue weighted by Crippen LogP contribution is 2.30. The van der Waals surface area contributed by atoms with Gasteiger partial charge in [-0.3, -0.25) is 4.79 Å². The molecule has 3 N–H and O–H groups in total. The number of nitrogens with one attached hydrogen (secondary N) is 1. The quantitative estimate of drug-likeness (QED) is 0.825. The molecule has 1 fully saturated rings. The second-order valence-corrected chi connectivity index (χ2v) is 7.76. The first-order valence-corrected chi connectivity index (χ1v) is 8.03. The van der Waals surface area contributed by atoms with E-state index in [1.165, 1.54) is 4.31 Å². The monoisotopic (exact) mass is 291 g/mol. The van der Waals surface area contributed by atoms with Crippen molar-refractivity contribution in [3.05, 3.63) is 15.4 Å². The molecule has 6 nitrogen and oxygen atoms in total. The van der Waals surface area contributed by atoms with Gasteiger partial charge in [0, 0.05) is 18.3 Å². The molecule has 1 aliphatic rings. The number of aromatic amines is 1. The Morgan fingerprint density at radius 2 is 2.22 bits per heavy atom. The summed E-state index contributed by atoms with van der Waals surface area (Å²) < 4.78 is 26.5. The fraction of sp³-hybridized carbons (Fsp3) is 0.700. The van der Waals surface area contributed by atoms with E-state index < -0.39 is 10.0 Å². The molecule has 0 spiro atoms. The van der Waals surface area contributed by atoms with Crippen molar-refractivity contribution < 1.29 is 8.42 Å². The first kappa shape index (κ1) is 13.7. The molecule has 2 heterocycles. The lowest BCUT2D eigenvalue weighted by molar-refractivity contribution is 0.405. The van der Waals surface area contributed by atoms with Crippen molar-refractivity contribution in [2.24, 2.45) is 11.7 Å². The van der Waals surface area contributed by atoms with Crippen LogP contribution in [-0.2, 0) is 10.0 Å². The van der Waals surface area contributed by atoms with E-state index in [4.69, 9.17) is 5.73 Å². The predicted octanol–water partition coefficient (Wildman–Crippen LogP) is 0.103. The molecule has 2 unspecified atom stereocenters. The number of aryl methyl sites for hydroxylation is 1. The Morgan fingerprint density at radius 3 is 2.67 bits per heavy atom. The van der Waals surface area contributed by atoms with Gasteiger partial charge in [-0.15, -0.1) is 0 Å². The zero-order chi connectivity index (χ0) is 13.5. The molecule has 1 saturated heterocycles. The highest BCUT2D eigenvalue weighted by molar-refractivity contribution is 7.91. The topological polar surface area (TPSA) is 96.3 Å². The van der Waals surface area contributed by atoms with Gasteiger partial charge in [-0.25, -0.2) is 8.42 Å². The molecule has 1 aromatic heterocycles. The summed E-state index contributed by atoms with van der Waals surface area (Å²) in [5.74, 6) is 0.200. The van der Waals surface area contributed by atoms with Crippen LogP contribution in [0.5, 0.6) is 0 Å². The minimum absolute atomic E-state index is 0.0693. The van der Waals surface area contributed by atoms with E-state index in [-0.39, 0.29) is 21.0 Å². The van der Waals surface area contributed by atoms with Crippen LogP contribution in [0.3, 0.4) is 0 Å². The van der Waals surface area contributed by atoms with E-state index >= 15 is 0 Å². The van der Waals surface area contributed by atoms with Gasteiger partial charge in [-0.1, -0.05) is 11.3 Å². The number of hydrogen-bond acceptors (Lipinski definition) is 5. The van der Waals surface area contributed by atoms with Crippen molar-refractivity contribution in [2.45, 2.75) is 30.5 Å². The summed E-state index contributed by atoms with van der Waals surface area (Å²) in [6.07, 6.45) is 0.772. The van der Waals surface area contributed by atoms with Crippen LogP contribution in [0.25, 0.3) is 0 Å². The van der Waals surface area contributed by atoms with Crippen LogP contribution in [0.2, 0.25) is 0 Å². The van der Waals surface area contributed by atoms with Crippen molar-refractivity contribution in [1.82, 2.24) is 9.29 Å². The maximum atomic E-state index is 12.5. The average Bonchev–Trinajstić information content (AvgIpc) is 2.82. The van der Waals surface area contributed by atoms with Gasteiger partial charge < -0.3 is 10.7 Å². The highest BCUT2D eigenvalue weighted by atomic mass is 32.2. The van der Waals surface area contributed by atoms with E-state index in [1.807, 2.05) is 6.92 Å². The first-order chi connectivity index (χ1) is 8.36. The molecule has 0 amide bonds. The molecule has 0 radical (unpaired) electrons. The van der Waals surface area contributed by atoms with Crippen molar-refractivity contribution in [1.29, 1.82) is 0 Å². The maximum Gasteiger partial charge on any atom is 0.305 e.